The highest BCUT2D eigenvalue weighted by Gasteiger charge is 2.63. The molecule has 26 heavy (non-hydrogen) atoms. The van der Waals surface area contributed by atoms with Gasteiger partial charge in [0.05, 0.1) is 5.54 Å². The molecule has 1 heterocycles. The fourth-order valence-electron chi connectivity index (χ4n) is 6.62. The Bertz CT molecular complexity index is 806. The molecule has 136 valence electrons. The molecule has 1 nitrogen and oxygen atoms in total. The molecule has 2 aromatic carbocycles. The Kier molecular flexibility index (Phi) is 3.71. The lowest BCUT2D eigenvalue weighted by atomic mass is 9.48. The fraction of sp³-hybridized carbons (Fsp3) is 0.520. The van der Waals surface area contributed by atoms with Crippen LogP contribution in [-0.2, 0) is 11.0 Å². The van der Waals surface area contributed by atoms with E-state index in [0.717, 1.165) is 5.92 Å². The maximum Gasteiger partial charge on any atom is 0.0725 e. The van der Waals surface area contributed by atoms with Gasteiger partial charge in [-0.3, -0.25) is 0 Å². The van der Waals surface area contributed by atoms with E-state index in [-0.39, 0.29) is 11.0 Å². The molecule has 1 N–H and O–H groups in total. The van der Waals surface area contributed by atoms with Crippen molar-refractivity contribution in [2.45, 2.75) is 75.7 Å². The van der Waals surface area contributed by atoms with Gasteiger partial charge < -0.3 is 5.32 Å². The van der Waals surface area contributed by atoms with E-state index in [0.29, 0.717) is 5.92 Å². The zero-order valence-electron chi connectivity index (χ0n) is 16.2. The Morgan fingerprint density at radius 2 is 1.73 bits per heavy atom. The van der Waals surface area contributed by atoms with Crippen LogP contribution in [0.4, 0.5) is 5.69 Å². The van der Waals surface area contributed by atoms with Gasteiger partial charge in [0, 0.05) is 11.1 Å². The quantitative estimate of drug-likeness (QED) is 0.635. The number of nitrogens with one attached hydrogen (secondary N) is 1. The minimum absolute atomic E-state index is 0.0928. The van der Waals surface area contributed by atoms with E-state index in [1.165, 1.54) is 61.8 Å². The Morgan fingerprint density at radius 1 is 0.923 bits per heavy atom. The van der Waals surface area contributed by atoms with Crippen molar-refractivity contribution in [1.82, 2.24) is 0 Å². The lowest BCUT2D eigenvalue weighted by Crippen LogP contribution is -2.57. The predicted octanol–water partition coefficient (Wildman–Crippen LogP) is 6.74. The van der Waals surface area contributed by atoms with Crippen LogP contribution in [0.3, 0.4) is 0 Å². The first-order valence-corrected chi connectivity index (χ1v) is 10.7. The van der Waals surface area contributed by atoms with Crippen molar-refractivity contribution >= 4 is 5.69 Å². The number of hydrogen-bond acceptors (Lipinski definition) is 1. The molecule has 1 heteroatoms. The van der Waals surface area contributed by atoms with Gasteiger partial charge >= 0.3 is 0 Å². The second-order valence-corrected chi connectivity index (χ2v) is 9.16. The summed E-state index contributed by atoms with van der Waals surface area (Å²) in [5, 5.41) is 4.12. The van der Waals surface area contributed by atoms with Gasteiger partial charge in [-0.15, -0.1) is 0 Å². The van der Waals surface area contributed by atoms with Gasteiger partial charge in [-0.2, -0.15) is 0 Å². The molecule has 0 radical (unpaired) electrons. The van der Waals surface area contributed by atoms with Crippen molar-refractivity contribution in [3.8, 4) is 0 Å². The summed E-state index contributed by atoms with van der Waals surface area (Å²) < 4.78 is 0. The Labute approximate surface area is 158 Å². The normalized spacial score (nSPS) is 32.5. The summed E-state index contributed by atoms with van der Waals surface area (Å²) in [6.07, 6.45) is 9.55. The Morgan fingerprint density at radius 3 is 2.54 bits per heavy atom. The van der Waals surface area contributed by atoms with Gasteiger partial charge in [0.1, 0.15) is 0 Å². The van der Waals surface area contributed by atoms with Gasteiger partial charge in [0.15, 0.2) is 0 Å². The van der Waals surface area contributed by atoms with Crippen molar-refractivity contribution in [2.75, 3.05) is 5.32 Å². The van der Waals surface area contributed by atoms with Gasteiger partial charge in [-0.05, 0) is 60.3 Å². The third-order valence-corrected chi connectivity index (χ3v) is 7.74. The van der Waals surface area contributed by atoms with Gasteiger partial charge in [0.2, 0.25) is 0 Å². The summed E-state index contributed by atoms with van der Waals surface area (Å²) in [5.74, 6) is 1.41. The summed E-state index contributed by atoms with van der Waals surface area (Å²) in [7, 11) is 0. The first-order chi connectivity index (χ1) is 12.7. The third-order valence-electron chi connectivity index (χ3n) is 7.74. The maximum atomic E-state index is 4.12. The van der Waals surface area contributed by atoms with Crippen molar-refractivity contribution < 1.29 is 0 Å². The number of hydrogen-bond donors (Lipinski definition) is 1. The predicted molar refractivity (Wildman–Crippen MR) is 110 cm³/mol. The molecule has 0 saturated heterocycles. The van der Waals surface area contributed by atoms with Crippen molar-refractivity contribution in [2.24, 2.45) is 5.92 Å². The first-order valence-electron chi connectivity index (χ1n) is 10.7. The van der Waals surface area contributed by atoms with E-state index in [1.807, 2.05) is 0 Å². The van der Waals surface area contributed by atoms with E-state index in [4.69, 9.17) is 0 Å². The molecule has 2 aliphatic carbocycles. The summed E-state index contributed by atoms with van der Waals surface area (Å²) in [4.78, 5) is 0. The smallest absolute Gasteiger partial charge is 0.0725 e. The molecule has 5 rings (SSSR count). The SMILES string of the molecule is CC(C)c1ccc2c(c1)[C@]13CCCC[C@@H]1CCC[C@]3(c1ccccc1)N2. The fourth-order valence-corrected chi connectivity index (χ4v) is 6.62. The molecule has 3 aliphatic rings. The average molecular weight is 346 g/mol. The largest absolute Gasteiger partial charge is 0.374 e. The molecule has 1 spiro atoms. The number of anilines is 1. The lowest BCUT2D eigenvalue weighted by Gasteiger charge is -2.57. The molecule has 0 bridgehead atoms. The average Bonchev–Trinajstić information content (AvgIpc) is 2.98. The molecule has 2 aromatic rings. The van der Waals surface area contributed by atoms with Gasteiger partial charge in [-0.25, -0.2) is 0 Å². The topological polar surface area (TPSA) is 12.0 Å². The molecule has 3 atom stereocenters. The second kappa shape index (κ2) is 5.87. The molecule has 1 aliphatic heterocycles. The molecular formula is C25H31N. The Hall–Kier alpha value is -1.76. The number of rotatable bonds is 2. The van der Waals surface area contributed by atoms with Crippen LogP contribution >= 0.6 is 0 Å². The van der Waals surface area contributed by atoms with Crippen LogP contribution in [0.15, 0.2) is 48.5 Å². The van der Waals surface area contributed by atoms with E-state index in [1.54, 1.807) is 5.56 Å². The van der Waals surface area contributed by atoms with Crippen molar-refractivity contribution in [3.63, 3.8) is 0 Å². The van der Waals surface area contributed by atoms with Crippen LogP contribution in [0.2, 0.25) is 0 Å². The summed E-state index contributed by atoms with van der Waals surface area (Å²) >= 11 is 0. The van der Waals surface area contributed by atoms with Crippen LogP contribution in [0.25, 0.3) is 0 Å². The zero-order chi connectivity index (χ0) is 17.8. The number of fused-ring (bicyclic) bond motifs is 1. The summed E-state index contributed by atoms with van der Waals surface area (Å²) in [6, 6.07) is 18.7. The highest BCUT2D eigenvalue weighted by Crippen LogP contribution is 2.66. The van der Waals surface area contributed by atoms with Gasteiger partial charge in [-0.1, -0.05) is 75.6 Å². The van der Waals surface area contributed by atoms with E-state index in [2.05, 4.69) is 67.7 Å². The van der Waals surface area contributed by atoms with E-state index < -0.39 is 0 Å². The summed E-state index contributed by atoms with van der Waals surface area (Å²) in [5.41, 5.74) is 6.43. The first kappa shape index (κ1) is 16.4. The standard InChI is InChI=1S/C25H31N/c1-18(2)19-13-14-23-22(17-19)24-15-7-6-9-20(24)12-8-16-25(24,26-23)21-10-4-3-5-11-21/h3-5,10-11,13-14,17-18,20,26H,6-9,12,15-16H2,1-2H3/t20-,24+,25-/m1/s1. The van der Waals surface area contributed by atoms with Gasteiger partial charge in [0.25, 0.3) is 0 Å². The van der Waals surface area contributed by atoms with Crippen LogP contribution in [0, 0.1) is 5.92 Å². The summed E-state index contributed by atoms with van der Waals surface area (Å²) in [6.45, 7) is 4.65. The second-order valence-electron chi connectivity index (χ2n) is 9.16. The van der Waals surface area contributed by atoms with Crippen LogP contribution in [0.5, 0.6) is 0 Å². The molecule has 2 saturated carbocycles. The zero-order valence-corrected chi connectivity index (χ0v) is 16.2. The van der Waals surface area contributed by atoms with E-state index >= 15 is 0 Å². The minimum atomic E-state index is 0.0928. The molecule has 2 fully saturated rings. The minimum Gasteiger partial charge on any atom is -0.374 e. The molecule has 0 unspecified atom stereocenters. The maximum absolute atomic E-state index is 4.12. The van der Waals surface area contributed by atoms with E-state index in [9.17, 15) is 0 Å². The lowest BCUT2D eigenvalue weighted by molar-refractivity contribution is 0.0564. The molecule has 0 aromatic heterocycles. The van der Waals surface area contributed by atoms with Crippen molar-refractivity contribution in [1.29, 1.82) is 0 Å². The van der Waals surface area contributed by atoms with Crippen LogP contribution in [-0.4, -0.2) is 0 Å². The van der Waals surface area contributed by atoms with Crippen LogP contribution < -0.4 is 5.32 Å². The highest BCUT2D eigenvalue weighted by molar-refractivity contribution is 5.68. The molecular weight excluding hydrogens is 314 g/mol. The number of benzene rings is 2. The Balaban J connectivity index is 1.77. The van der Waals surface area contributed by atoms with Crippen LogP contribution in [0.1, 0.15) is 81.4 Å². The molecule has 0 amide bonds. The third kappa shape index (κ3) is 2.03. The van der Waals surface area contributed by atoms with Crippen molar-refractivity contribution in [3.05, 3.63) is 65.2 Å². The highest BCUT2D eigenvalue weighted by atomic mass is 15.1. The monoisotopic (exact) mass is 345 g/mol.